The van der Waals surface area contributed by atoms with Crippen molar-refractivity contribution in [2.24, 2.45) is 0 Å². The van der Waals surface area contributed by atoms with Gasteiger partial charge in [0.25, 0.3) is 11.5 Å². The van der Waals surface area contributed by atoms with E-state index < -0.39 is 0 Å². The molecule has 0 bridgehead atoms. The Labute approximate surface area is 174 Å². The van der Waals surface area contributed by atoms with Crippen LogP contribution in [0.2, 0.25) is 0 Å². The lowest BCUT2D eigenvalue weighted by molar-refractivity contribution is 0.102. The van der Waals surface area contributed by atoms with E-state index >= 15 is 0 Å². The van der Waals surface area contributed by atoms with Crippen LogP contribution in [-0.4, -0.2) is 53.6 Å². The molecule has 7 nitrogen and oxygen atoms in total. The number of nitrogens with one attached hydrogen (secondary N) is 1. The van der Waals surface area contributed by atoms with E-state index in [1.165, 1.54) is 5.69 Å². The van der Waals surface area contributed by atoms with Crippen molar-refractivity contribution in [3.05, 3.63) is 64.2 Å². The number of nitrogens with zero attached hydrogens (tertiary/aromatic N) is 4. The number of hydrogen-bond acceptors (Lipinski definition) is 5. The molecule has 0 radical (unpaired) electrons. The normalized spacial score (nSPS) is 16.6. The lowest BCUT2D eigenvalue weighted by Crippen LogP contribution is -2.44. The number of fused-ring (bicyclic) bond motifs is 2. The minimum absolute atomic E-state index is 0.0149. The molecule has 3 heterocycles. The van der Waals surface area contributed by atoms with Gasteiger partial charge in [0.15, 0.2) is 0 Å². The fraction of sp³-hybridized carbons (Fsp3) is 0.348. The first-order valence-electron chi connectivity index (χ1n) is 10.5. The maximum absolute atomic E-state index is 12.8. The zero-order chi connectivity index (χ0) is 20.7. The quantitative estimate of drug-likeness (QED) is 0.727. The Morgan fingerprint density at radius 1 is 1.00 bits per heavy atom. The van der Waals surface area contributed by atoms with Crippen LogP contribution in [0.25, 0.3) is 10.9 Å². The first kappa shape index (κ1) is 18.8. The number of hydrogen-bond donors (Lipinski definition) is 1. The molecule has 1 aromatic heterocycles. The molecule has 7 heteroatoms. The van der Waals surface area contributed by atoms with Gasteiger partial charge in [-0.05, 0) is 55.9 Å². The van der Waals surface area contributed by atoms with Crippen molar-refractivity contribution in [1.29, 1.82) is 0 Å². The molecule has 1 saturated heterocycles. The first-order chi connectivity index (χ1) is 14.6. The standard InChI is InChI=1S/C23H25N5O2/c1-26-11-13-27(14-12-26)18-7-5-17(6-8-18)24-22(29)16-4-9-19-20(15-16)25-21-3-2-10-28(21)23(19)30/h4-9,15H,2-3,10-14H2,1H3,(H,24,29). The number of aryl methyl sites for hydroxylation is 1. The molecule has 0 spiro atoms. The minimum Gasteiger partial charge on any atom is -0.369 e. The fourth-order valence-electron chi connectivity index (χ4n) is 4.25. The number of amides is 1. The number of anilines is 2. The van der Waals surface area contributed by atoms with Gasteiger partial charge in [0.2, 0.25) is 0 Å². The topological polar surface area (TPSA) is 70.5 Å². The number of benzene rings is 2. The molecule has 1 fully saturated rings. The maximum atomic E-state index is 12.8. The van der Waals surface area contributed by atoms with Gasteiger partial charge in [-0.15, -0.1) is 0 Å². The summed E-state index contributed by atoms with van der Waals surface area (Å²) in [5, 5.41) is 3.51. The second-order valence-corrected chi connectivity index (χ2v) is 8.11. The van der Waals surface area contributed by atoms with Gasteiger partial charge in [-0.3, -0.25) is 14.2 Å². The van der Waals surface area contributed by atoms with Gasteiger partial charge in [-0.1, -0.05) is 0 Å². The molecule has 1 N–H and O–H groups in total. The van der Waals surface area contributed by atoms with Gasteiger partial charge < -0.3 is 15.1 Å². The van der Waals surface area contributed by atoms with E-state index in [0.29, 0.717) is 16.5 Å². The van der Waals surface area contributed by atoms with Crippen LogP contribution in [0.15, 0.2) is 47.3 Å². The van der Waals surface area contributed by atoms with Crippen molar-refractivity contribution in [3.8, 4) is 0 Å². The van der Waals surface area contributed by atoms with E-state index in [4.69, 9.17) is 0 Å². The highest BCUT2D eigenvalue weighted by Crippen LogP contribution is 2.21. The van der Waals surface area contributed by atoms with Crippen LogP contribution in [0.1, 0.15) is 22.6 Å². The van der Waals surface area contributed by atoms with E-state index in [2.05, 4.69) is 27.1 Å². The first-order valence-corrected chi connectivity index (χ1v) is 10.5. The van der Waals surface area contributed by atoms with Crippen LogP contribution >= 0.6 is 0 Å². The molecule has 154 valence electrons. The van der Waals surface area contributed by atoms with E-state index in [1.807, 2.05) is 24.3 Å². The van der Waals surface area contributed by atoms with Crippen molar-refractivity contribution < 1.29 is 4.79 Å². The number of piperazine rings is 1. The van der Waals surface area contributed by atoms with Gasteiger partial charge >= 0.3 is 0 Å². The van der Waals surface area contributed by atoms with E-state index in [0.717, 1.165) is 57.1 Å². The van der Waals surface area contributed by atoms with Crippen LogP contribution in [0.3, 0.4) is 0 Å². The highest BCUT2D eigenvalue weighted by atomic mass is 16.1. The fourth-order valence-corrected chi connectivity index (χ4v) is 4.25. The van der Waals surface area contributed by atoms with Gasteiger partial charge in [-0.2, -0.15) is 0 Å². The smallest absolute Gasteiger partial charge is 0.261 e. The predicted octanol–water partition coefficient (Wildman–Crippen LogP) is 2.35. The largest absolute Gasteiger partial charge is 0.369 e. The summed E-state index contributed by atoms with van der Waals surface area (Å²) < 4.78 is 1.74. The van der Waals surface area contributed by atoms with Gasteiger partial charge in [0.1, 0.15) is 5.82 Å². The third kappa shape index (κ3) is 3.45. The summed E-state index contributed by atoms with van der Waals surface area (Å²) in [7, 11) is 2.14. The Balaban J connectivity index is 1.33. The summed E-state index contributed by atoms with van der Waals surface area (Å²) in [4.78, 5) is 34.6. The van der Waals surface area contributed by atoms with E-state index in [1.54, 1.807) is 22.8 Å². The minimum atomic E-state index is -0.202. The highest BCUT2D eigenvalue weighted by Gasteiger charge is 2.18. The second kappa shape index (κ2) is 7.57. The summed E-state index contributed by atoms with van der Waals surface area (Å²) in [5.74, 6) is 0.608. The highest BCUT2D eigenvalue weighted by molar-refractivity contribution is 6.06. The third-order valence-corrected chi connectivity index (χ3v) is 6.07. The molecule has 5 rings (SSSR count). The number of aromatic nitrogens is 2. The summed E-state index contributed by atoms with van der Waals surface area (Å²) in [6.45, 7) is 4.86. The molecule has 1 amide bonds. The zero-order valence-corrected chi connectivity index (χ0v) is 17.1. The van der Waals surface area contributed by atoms with Gasteiger partial charge in [0.05, 0.1) is 10.9 Å². The van der Waals surface area contributed by atoms with E-state index in [-0.39, 0.29) is 11.5 Å². The summed E-state index contributed by atoms with van der Waals surface area (Å²) in [6.07, 6.45) is 1.75. The molecule has 2 aliphatic heterocycles. The average Bonchev–Trinajstić information content (AvgIpc) is 3.23. The Kier molecular flexibility index (Phi) is 4.75. The monoisotopic (exact) mass is 403 g/mol. The van der Waals surface area contributed by atoms with E-state index in [9.17, 15) is 9.59 Å². The summed E-state index contributed by atoms with van der Waals surface area (Å²) >= 11 is 0. The maximum Gasteiger partial charge on any atom is 0.261 e. The molecule has 0 unspecified atom stereocenters. The molecule has 2 aliphatic rings. The third-order valence-electron chi connectivity index (χ3n) is 6.07. The van der Waals surface area contributed by atoms with Gasteiger partial charge in [-0.25, -0.2) is 4.98 Å². The van der Waals surface area contributed by atoms with Crippen LogP contribution in [0, 0.1) is 0 Å². The molecule has 2 aromatic carbocycles. The lowest BCUT2D eigenvalue weighted by Gasteiger charge is -2.34. The lowest BCUT2D eigenvalue weighted by atomic mass is 10.1. The Bertz CT molecular complexity index is 1160. The van der Waals surface area contributed by atoms with Crippen LogP contribution in [-0.2, 0) is 13.0 Å². The average molecular weight is 403 g/mol. The van der Waals surface area contributed by atoms with Crippen molar-refractivity contribution in [2.45, 2.75) is 19.4 Å². The van der Waals surface area contributed by atoms with Crippen molar-refractivity contribution in [1.82, 2.24) is 14.5 Å². The Morgan fingerprint density at radius 3 is 2.53 bits per heavy atom. The molecule has 0 atom stereocenters. The van der Waals surface area contributed by atoms with Crippen LogP contribution in [0.5, 0.6) is 0 Å². The van der Waals surface area contributed by atoms with Crippen molar-refractivity contribution >= 4 is 28.2 Å². The number of carbonyl (C=O) groups excluding carboxylic acids is 1. The summed E-state index contributed by atoms with van der Waals surface area (Å²) in [6, 6.07) is 13.1. The van der Waals surface area contributed by atoms with Crippen molar-refractivity contribution in [3.63, 3.8) is 0 Å². The van der Waals surface area contributed by atoms with Crippen LogP contribution in [0.4, 0.5) is 11.4 Å². The molecule has 30 heavy (non-hydrogen) atoms. The molecular formula is C23H25N5O2. The molecule has 0 saturated carbocycles. The second-order valence-electron chi connectivity index (χ2n) is 8.11. The van der Waals surface area contributed by atoms with Gasteiger partial charge in [0, 0.05) is 56.1 Å². The molecular weight excluding hydrogens is 378 g/mol. The van der Waals surface area contributed by atoms with Crippen LogP contribution < -0.4 is 15.8 Å². The zero-order valence-electron chi connectivity index (χ0n) is 17.1. The SMILES string of the molecule is CN1CCN(c2ccc(NC(=O)c3ccc4c(=O)n5c(nc4c3)CCC5)cc2)CC1. The number of carbonyl (C=O) groups is 1. The number of rotatable bonds is 3. The Hall–Kier alpha value is -3.19. The number of likely N-dealkylation sites (N-methyl/N-ethyl adjacent to an activating group) is 1. The molecule has 0 aliphatic carbocycles. The Morgan fingerprint density at radius 2 is 1.77 bits per heavy atom. The predicted molar refractivity (Wildman–Crippen MR) is 118 cm³/mol. The molecule has 3 aromatic rings. The van der Waals surface area contributed by atoms with Crippen molar-refractivity contribution in [2.75, 3.05) is 43.4 Å². The summed E-state index contributed by atoms with van der Waals surface area (Å²) in [5.41, 5.74) is 3.00.